The molecule has 4 nitrogen and oxygen atoms in total. The lowest BCUT2D eigenvalue weighted by Crippen LogP contribution is -2.11. The van der Waals surface area contributed by atoms with Crippen LogP contribution in [0.15, 0.2) is 18.7 Å². The summed E-state index contributed by atoms with van der Waals surface area (Å²) < 4.78 is 37.5. The van der Waals surface area contributed by atoms with E-state index in [1.807, 2.05) is 0 Å². The lowest BCUT2D eigenvalue weighted by Gasteiger charge is -2.04. The van der Waals surface area contributed by atoms with Gasteiger partial charge in [0, 0.05) is 13.1 Å². The van der Waals surface area contributed by atoms with Gasteiger partial charge in [-0.3, -0.25) is 9.48 Å². The molecular weight excluding hydrogens is 211 g/mol. The third kappa shape index (κ3) is 2.58. The Bertz CT molecular complexity index is 394. The van der Waals surface area contributed by atoms with Gasteiger partial charge in [0.05, 0.1) is 0 Å². The van der Waals surface area contributed by atoms with Crippen LogP contribution in [0.2, 0.25) is 0 Å². The fraction of sp³-hybridized carbons (Fsp3) is 0.250. The third-order valence-electron chi connectivity index (χ3n) is 1.61. The highest BCUT2D eigenvalue weighted by Crippen LogP contribution is 2.30. The van der Waals surface area contributed by atoms with E-state index in [0.29, 0.717) is 4.68 Å². The summed E-state index contributed by atoms with van der Waals surface area (Å²) in [5, 5.41) is 5.62. The highest BCUT2D eigenvalue weighted by molar-refractivity contribution is 5.98. The van der Waals surface area contributed by atoms with Crippen LogP contribution in [-0.4, -0.2) is 15.7 Å². The Hall–Kier alpha value is -1.79. The van der Waals surface area contributed by atoms with Gasteiger partial charge in [-0.05, 0) is 6.08 Å². The topological polar surface area (TPSA) is 46.9 Å². The van der Waals surface area contributed by atoms with E-state index < -0.39 is 17.8 Å². The fourth-order valence-corrected chi connectivity index (χ4v) is 0.971. The van der Waals surface area contributed by atoms with E-state index in [9.17, 15) is 18.0 Å². The minimum absolute atomic E-state index is 0.158. The molecule has 7 heteroatoms. The number of alkyl halides is 3. The second kappa shape index (κ2) is 3.76. The van der Waals surface area contributed by atoms with Crippen LogP contribution in [0.25, 0.3) is 0 Å². The van der Waals surface area contributed by atoms with Crippen molar-refractivity contribution in [1.82, 2.24) is 9.78 Å². The van der Waals surface area contributed by atoms with Crippen LogP contribution in [0, 0.1) is 0 Å². The van der Waals surface area contributed by atoms with E-state index >= 15 is 0 Å². The van der Waals surface area contributed by atoms with Crippen molar-refractivity contribution in [2.24, 2.45) is 7.05 Å². The molecule has 0 radical (unpaired) electrons. The van der Waals surface area contributed by atoms with Gasteiger partial charge in [-0.25, -0.2) is 0 Å². The monoisotopic (exact) mass is 219 g/mol. The smallest absolute Gasteiger partial charge is 0.306 e. The molecule has 0 aromatic carbocycles. The fourth-order valence-electron chi connectivity index (χ4n) is 0.971. The number of nitrogens with one attached hydrogen (secondary N) is 1. The maximum absolute atomic E-state index is 12.3. The molecule has 1 aromatic heterocycles. The summed E-state index contributed by atoms with van der Waals surface area (Å²) in [5.41, 5.74) is -0.929. The standard InChI is InChI=1S/C8H8F3N3O/c1-3-7(15)12-6-4-5(8(9,10)11)14(2)13-6/h3-4H,1H2,2H3,(H,12,13,15). The summed E-state index contributed by atoms with van der Waals surface area (Å²) in [6, 6.07) is 0.751. The Morgan fingerprint density at radius 3 is 2.67 bits per heavy atom. The molecule has 0 saturated carbocycles. The van der Waals surface area contributed by atoms with Gasteiger partial charge in [0.1, 0.15) is 5.69 Å². The molecular formula is C8H8F3N3O. The van der Waals surface area contributed by atoms with Gasteiger partial charge in [-0.2, -0.15) is 18.3 Å². The summed E-state index contributed by atoms with van der Waals surface area (Å²) in [7, 11) is 1.15. The largest absolute Gasteiger partial charge is 0.433 e. The molecule has 1 rings (SSSR count). The Morgan fingerprint density at radius 1 is 1.67 bits per heavy atom. The molecule has 0 aliphatic rings. The van der Waals surface area contributed by atoms with Gasteiger partial charge in [-0.15, -0.1) is 0 Å². The Balaban J connectivity index is 2.96. The number of nitrogens with zero attached hydrogens (tertiary/aromatic N) is 2. The van der Waals surface area contributed by atoms with Crippen molar-refractivity contribution >= 4 is 11.7 Å². The second-order valence-electron chi connectivity index (χ2n) is 2.73. The predicted octanol–water partition coefficient (Wildman–Crippen LogP) is 1.56. The molecule has 82 valence electrons. The van der Waals surface area contributed by atoms with Crippen molar-refractivity contribution in [1.29, 1.82) is 0 Å². The average molecular weight is 219 g/mol. The van der Waals surface area contributed by atoms with E-state index in [-0.39, 0.29) is 5.82 Å². The quantitative estimate of drug-likeness (QED) is 0.767. The number of anilines is 1. The zero-order valence-corrected chi connectivity index (χ0v) is 7.80. The molecule has 0 fully saturated rings. The molecule has 0 aliphatic heterocycles. The van der Waals surface area contributed by atoms with Crippen LogP contribution in [0.4, 0.5) is 19.0 Å². The number of hydrogen-bond acceptors (Lipinski definition) is 2. The van der Waals surface area contributed by atoms with Crippen molar-refractivity contribution in [2.45, 2.75) is 6.18 Å². The number of halogens is 3. The zero-order chi connectivity index (χ0) is 11.6. The first-order chi connectivity index (χ1) is 6.84. The van der Waals surface area contributed by atoms with Crippen LogP contribution in [-0.2, 0) is 18.0 Å². The van der Waals surface area contributed by atoms with E-state index in [1.165, 1.54) is 0 Å². The minimum atomic E-state index is -4.49. The van der Waals surface area contributed by atoms with Crippen LogP contribution < -0.4 is 5.32 Å². The molecule has 1 amide bonds. The Labute approximate surface area is 83.4 Å². The molecule has 0 spiro atoms. The summed E-state index contributed by atoms with van der Waals surface area (Å²) in [5.74, 6) is -0.767. The first-order valence-corrected chi connectivity index (χ1v) is 3.89. The molecule has 1 N–H and O–H groups in total. The minimum Gasteiger partial charge on any atom is -0.306 e. The van der Waals surface area contributed by atoms with Gasteiger partial charge in [0.15, 0.2) is 5.82 Å². The van der Waals surface area contributed by atoms with Crippen molar-refractivity contribution in [3.8, 4) is 0 Å². The van der Waals surface area contributed by atoms with Crippen LogP contribution >= 0.6 is 0 Å². The van der Waals surface area contributed by atoms with E-state index in [1.54, 1.807) is 0 Å². The average Bonchev–Trinajstić information content (AvgIpc) is 2.45. The summed E-state index contributed by atoms with van der Waals surface area (Å²) in [4.78, 5) is 10.8. The number of amides is 1. The lowest BCUT2D eigenvalue weighted by molar-refractivity contribution is -0.143. The van der Waals surface area contributed by atoms with Gasteiger partial charge in [0.25, 0.3) is 0 Å². The van der Waals surface area contributed by atoms with Gasteiger partial charge in [-0.1, -0.05) is 6.58 Å². The van der Waals surface area contributed by atoms with Gasteiger partial charge >= 0.3 is 6.18 Å². The molecule has 0 saturated heterocycles. The van der Waals surface area contributed by atoms with Crippen molar-refractivity contribution < 1.29 is 18.0 Å². The first kappa shape index (κ1) is 11.3. The van der Waals surface area contributed by atoms with Crippen molar-refractivity contribution in [3.63, 3.8) is 0 Å². The highest BCUT2D eigenvalue weighted by atomic mass is 19.4. The second-order valence-corrected chi connectivity index (χ2v) is 2.73. The number of hydrogen-bond donors (Lipinski definition) is 1. The highest BCUT2D eigenvalue weighted by Gasteiger charge is 2.35. The van der Waals surface area contributed by atoms with Crippen LogP contribution in [0.5, 0.6) is 0 Å². The van der Waals surface area contributed by atoms with Crippen molar-refractivity contribution in [3.05, 3.63) is 24.4 Å². The maximum Gasteiger partial charge on any atom is 0.433 e. The number of aryl methyl sites for hydroxylation is 1. The first-order valence-electron chi connectivity index (χ1n) is 3.89. The lowest BCUT2D eigenvalue weighted by atomic mass is 10.4. The number of rotatable bonds is 2. The van der Waals surface area contributed by atoms with E-state index in [4.69, 9.17) is 0 Å². The van der Waals surface area contributed by atoms with Gasteiger partial charge in [0.2, 0.25) is 5.91 Å². The molecule has 1 aromatic rings. The summed E-state index contributed by atoms with van der Waals surface area (Å²) in [6.45, 7) is 3.17. The summed E-state index contributed by atoms with van der Waals surface area (Å²) >= 11 is 0. The normalized spacial score (nSPS) is 11.2. The number of carbonyl (C=O) groups is 1. The van der Waals surface area contributed by atoms with Crippen LogP contribution in [0.1, 0.15) is 5.69 Å². The van der Waals surface area contributed by atoms with E-state index in [0.717, 1.165) is 19.2 Å². The van der Waals surface area contributed by atoms with Crippen molar-refractivity contribution in [2.75, 3.05) is 5.32 Å². The maximum atomic E-state index is 12.3. The number of aromatic nitrogens is 2. The molecule has 0 aliphatic carbocycles. The molecule has 0 bridgehead atoms. The predicted molar refractivity (Wildman–Crippen MR) is 47.0 cm³/mol. The Morgan fingerprint density at radius 2 is 2.27 bits per heavy atom. The number of carbonyl (C=O) groups excluding carboxylic acids is 1. The molecule has 0 unspecified atom stereocenters. The SMILES string of the molecule is C=CC(=O)Nc1cc(C(F)(F)F)n(C)n1. The van der Waals surface area contributed by atoms with Crippen LogP contribution in [0.3, 0.4) is 0 Å². The molecule has 1 heterocycles. The van der Waals surface area contributed by atoms with E-state index in [2.05, 4.69) is 17.0 Å². The molecule has 15 heavy (non-hydrogen) atoms. The summed E-state index contributed by atoms with van der Waals surface area (Å²) in [6.07, 6.45) is -3.54. The molecule has 0 atom stereocenters. The Kier molecular flexibility index (Phi) is 2.83. The van der Waals surface area contributed by atoms with Gasteiger partial charge < -0.3 is 5.32 Å². The zero-order valence-electron chi connectivity index (χ0n) is 7.80. The third-order valence-corrected chi connectivity index (χ3v) is 1.61.